The van der Waals surface area contributed by atoms with Crippen LogP contribution in [0, 0.1) is 0 Å². The van der Waals surface area contributed by atoms with Crippen molar-refractivity contribution in [3.05, 3.63) is 78.4 Å². The number of fused-ring (bicyclic) bond motifs is 1. The number of carbonyl (C=O) groups excluding carboxylic acids is 1. The number of carbonyl (C=O) groups is 1. The molecule has 2 aromatic rings. The molecule has 3 aliphatic rings. The first-order valence-electron chi connectivity index (χ1n) is 12.4. The second kappa shape index (κ2) is 10.7. The van der Waals surface area contributed by atoms with E-state index in [1.807, 2.05) is 24.4 Å². The number of hydrogen-bond acceptors (Lipinski definition) is 5. The van der Waals surface area contributed by atoms with Gasteiger partial charge in [-0.2, -0.15) is 0 Å². The third-order valence-electron chi connectivity index (χ3n) is 6.74. The first-order valence-corrected chi connectivity index (χ1v) is 12.4. The van der Waals surface area contributed by atoms with Gasteiger partial charge < -0.3 is 30.0 Å². The molecule has 1 fully saturated rings. The molecule has 3 N–H and O–H groups in total. The number of unbranched alkanes of at least 4 members (excludes halogenated alkanes) is 1. The van der Waals surface area contributed by atoms with Gasteiger partial charge in [-0.1, -0.05) is 36.4 Å². The number of nitrogens with one attached hydrogen (secondary N) is 1. The maximum absolute atomic E-state index is 11.3. The molecule has 1 aromatic carbocycles. The molecule has 0 bridgehead atoms. The van der Waals surface area contributed by atoms with Crippen LogP contribution >= 0.6 is 0 Å². The third-order valence-corrected chi connectivity index (χ3v) is 6.74. The molecule has 0 spiro atoms. The minimum atomic E-state index is -0.538. The molecule has 8 heteroatoms. The molecule has 0 unspecified atom stereocenters. The number of para-hydroxylation sites is 1. The van der Waals surface area contributed by atoms with Gasteiger partial charge >= 0.3 is 6.03 Å². The van der Waals surface area contributed by atoms with Gasteiger partial charge in [0.15, 0.2) is 12.0 Å². The summed E-state index contributed by atoms with van der Waals surface area (Å²) in [6.45, 7) is 5.82. The van der Waals surface area contributed by atoms with E-state index >= 15 is 0 Å². The Bertz CT molecular complexity index is 1180. The summed E-state index contributed by atoms with van der Waals surface area (Å²) in [7, 11) is 0. The van der Waals surface area contributed by atoms with E-state index in [2.05, 4.69) is 44.0 Å². The van der Waals surface area contributed by atoms with E-state index in [1.165, 1.54) is 5.57 Å². The lowest BCUT2D eigenvalue weighted by atomic mass is 10.0. The van der Waals surface area contributed by atoms with Crippen LogP contribution in [0.1, 0.15) is 25.7 Å². The van der Waals surface area contributed by atoms with Gasteiger partial charge in [0.05, 0.1) is 11.2 Å². The lowest BCUT2D eigenvalue weighted by Crippen LogP contribution is -2.46. The Labute approximate surface area is 205 Å². The third kappa shape index (κ3) is 5.54. The van der Waals surface area contributed by atoms with Crippen molar-refractivity contribution in [3.63, 3.8) is 0 Å². The summed E-state index contributed by atoms with van der Waals surface area (Å²) in [6.07, 6.45) is 15.9. The molecule has 184 valence electrons. The Morgan fingerprint density at radius 2 is 1.89 bits per heavy atom. The number of allylic oxidation sites excluding steroid dienone is 4. The standard InChI is InChI=1S/C27H33N5O3/c28-27(33)29-23-18-32(24-11-5-4-10-22(23)24)13-7-6-12-30-14-16-31(17-15-30)26-20-34-19-25(35-26)21-8-2-1-3-9-21/h1-2,4-5,8,10-11,18-20H,3,6-7,9,12-17H2,(H3,28,29,33). The maximum atomic E-state index is 11.3. The number of rotatable bonds is 8. The van der Waals surface area contributed by atoms with E-state index in [1.54, 1.807) is 12.5 Å². The maximum Gasteiger partial charge on any atom is 0.316 e. The molecular formula is C27H33N5O3. The number of nitrogens with zero attached hydrogens (tertiary/aromatic N) is 3. The van der Waals surface area contributed by atoms with Crippen molar-refractivity contribution < 1.29 is 14.3 Å². The van der Waals surface area contributed by atoms with E-state index in [0.717, 1.165) is 93.2 Å². The molecule has 35 heavy (non-hydrogen) atoms. The molecule has 1 aliphatic carbocycles. The normalized spacial score (nSPS) is 18.4. The van der Waals surface area contributed by atoms with Crippen LogP contribution in [-0.4, -0.2) is 53.1 Å². The van der Waals surface area contributed by atoms with Crippen LogP contribution in [0.4, 0.5) is 10.5 Å². The molecule has 1 aromatic heterocycles. The fraction of sp³-hybridized carbons (Fsp3) is 0.370. The number of aryl methyl sites for hydroxylation is 1. The van der Waals surface area contributed by atoms with Gasteiger partial charge in [0.25, 0.3) is 0 Å². The zero-order chi connectivity index (χ0) is 24.0. The quantitative estimate of drug-likeness (QED) is 0.550. The van der Waals surface area contributed by atoms with Crippen molar-refractivity contribution in [2.24, 2.45) is 5.73 Å². The van der Waals surface area contributed by atoms with Crippen molar-refractivity contribution in [3.8, 4) is 0 Å². The number of benzene rings is 1. The largest absolute Gasteiger partial charge is 0.463 e. The van der Waals surface area contributed by atoms with Gasteiger partial charge in [-0.3, -0.25) is 4.90 Å². The summed E-state index contributed by atoms with van der Waals surface area (Å²) in [5.74, 6) is 1.62. The van der Waals surface area contributed by atoms with Gasteiger partial charge in [-0.05, 0) is 43.9 Å². The number of urea groups is 1. The zero-order valence-electron chi connectivity index (χ0n) is 20.0. The first kappa shape index (κ1) is 23.1. The van der Waals surface area contributed by atoms with Crippen LogP contribution in [-0.2, 0) is 16.0 Å². The van der Waals surface area contributed by atoms with E-state index in [-0.39, 0.29) is 0 Å². The molecule has 1 saturated heterocycles. The van der Waals surface area contributed by atoms with Crippen LogP contribution in [0.2, 0.25) is 0 Å². The highest BCUT2D eigenvalue weighted by Crippen LogP contribution is 2.28. The minimum absolute atomic E-state index is 0.538. The minimum Gasteiger partial charge on any atom is -0.463 e. The van der Waals surface area contributed by atoms with Crippen molar-refractivity contribution in [2.45, 2.75) is 32.2 Å². The van der Waals surface area contributed by atoms with Gasteiger partial charge in [-0.25, -0.2) is 4.79 Å². The number of nitrogens with two attached hydrogens (primary N) is 1. The van der Waals surface area contributed by atoms with Gasteiger partial charge in [0.1, 0.15) is 6.26 Å². The summed E-state index contributed by atoms with van der Waals surface area (Å²) in [5.41, 5.74) is 8.40. The number of piperazine rings is 1. The fourth-order valence-corrected chi connectivity index (χ4v) is 4.88. The van der Waals surface area contributed by atoms with Crippen molar-refractivity contribution in [2.75, 3.05) is 38.0 Å². The number of ether oxygens (including phenoxy) is 2. The predicted molar refractivity (Wildman–Crippen MR) is 137 cm³/mol. The van der Waals surface area contributed by atoms with Crippen molar-refractivity contribution >= 4 is 22.6 Å². The van der Waals surface area contributed by atoms with Crippen LogP contribution in [0.5, 0.6) is 0 Å². The molecule has 2 amide bonds. The highest BCUT2D eigenvalue weighted by molar-refractivity contribution is 6.00. The average molecular weight is 476 g/mol. The predicted octanol–water partition coefficient (Wildman–Crippen LogP) is 4.49. The molecule has 0 atom stereocenters. The monoisotopic (exact) mass is 475 g/mol. The molecule has 2 aliphatic heterocycles. The summed E-state index contributed by atoms with van der Waals surface area (Å²) in [5, 5.41) is 3.75. The van der Waals surface area contributed by atoms with Crippen LogP contribution in [0.15, 0.2) is 78.4 Å². The van der Waals surface area contributed by atoms with Crippen LogP contribution in [0.25, 0.3) is 10.9 Å². The SMILES string of the molecule is NC(=O)Nc1cn(CCCCN2CCN(C3=COC=C(C4=CC=CCC4)O3)CC2)c2ccccc12. The smallest absolute Gasteiger partial charge is 0.316 e. The van der Waals surface area contributed by atoms with E-state index < -0.39 is 6.03 Å². The van der Waals surface area contributed by atoms with Crippen LogP contribution < -0.4 is 11.1 Å². The number of hydrogen-bond donors (Lipinski definition) is 2. The molecule has 0 saturated carbocycles. The highest BCUT2D eigenvalue weighted by Gasteiger charge is 2.23. The Morgan fingerprint density at radius 3 is 2.69 bits per heavy atom. The van der Waals surface area contributed by atoms with Crippen LogP contribution in [0.3, 0.4) is 0 Å². The van der Waals surface area contributed by atoms with Crippen molar-refractivity contribution in [1.82, 2.24) is 14.4 Å². The topological polar surface area (TPSA) is 85.0 Å². The summed E-state index contributed by atoms with van der Waals surface area (Å²) in [4.78, 5) is 16.1. The Balaban J connectivity index is 1.07. The Morgan fingerprint density at radius 1 is 1.06 bits per heavy atom. The summed E-state index contributed by atoms with van der Waals surface area (Å²) >= 11 is 0. The lowest BCUT2D eigenvalue weighted by Gasteiger charge is -2.37. The van der Waals surface area contributed by atoms with Gasteiger partial charge in [0.2, 0.25) is 5.88 Å². The van der Waals surface area contributed by atoms with E-state index in [9.17, 15) is 4.79 Å². The van der Waals surface area contributed by atoms with Gasteiger partial charge in [0, 0.05) is 44.3 Å². The van der Waals surface area contributed by atoms with Gasteiger partial charge in [-0.15, -0.1) is 0 Å². The number of primary amides is 1. The zero-order valence-corrected chi connectivity index (χ0v) is 20.0. The highest BCUT2D eigenvalue weighted by atomic mass is 16.6. The lowest BCUT2D eigenvalue weighted by molar-refractivity contribution is 0.0785. The molecular weight excluding hydrogens is 442 g/mol. The Hall–Kier alpha value is -3.65. The second-order valence-electron chi connectivity index (χ2n) is 9.11. The number of amides is 2. The fourth-order valence-electron chi connectivity index (χ4n) is 4.88. The Kier molecular flexibility index (Phi) is 7.09. The molecule has 0 radical (unpaired) electrons. The first-order chi connectivity index (χ1) is 17.2. The number of anilines is 1. The van der Waals surface area contributed by atoms with Crippen molar-refractivity contribution in [1.29, 1.82) is 0 Å². The summed E-state index contributed by atoms with van der Waals surface area (Å²) in [6, 6.07) is 7.54. The van der Waals surface area contributed by atoms with E-state index in [4.69, 9.17) is 15.2 Å². The summed E-state index contributed by atoms with van der Waals surface area (Å²) < 4.78 is 14.0. The van der Waals surface area contributed by atoms with E-state index in [0.29, 0.717) is 0 Å². The molecule has 5 rings (SSSR count). The molecule has 3 heterocycles. The second-order valence-corrected chi connectivity index (χ2v) is 9.11. The molecule has 8 nitrogen and oxygen atoms in total. The average Bonchev–Trinajstić information content (AvgIpc) is 3.24. The number of aromatic nitrogens is 1.